The van der Waals surface area contributed by atoms with E-state index in [0.717, 1.165) is 5.56 Å². The van der Waals surface area contributed by atoms with Crippen LogP contribution in [0.4, 0.5) is 4.39 Å². The molecular formula is C19H16FN3O2. The molecule has 0 N–H and O–H groups in total. The minimum atomic E-state index is -0.357. The van der Waals surface area contributed by atoms with E-state index in [1.165, 1.54) is 30.7 Å². The van der Waals surface area contributed by atoms with Gasteiger partial charge in [0, 0.05) is 30.5 Å². The van der Waals surface area contributed by atoms with E-state index in [4.69, 9.17) is 4.52 Å². The van der Waals surface area contributed by atoms with Crippen molar-refractivity contribution in [3.8, 4) is 0 Å². The van der Waals surface area contributed by atoms with E-state index in [2.05, 4.69) is 10.1 Å². The molecule has 1 aromatic heterocycles. The van der Waals surface area contributed by atoms with Crippen molar-refractivity contribution in [1.29, 1.82) is 0 Å². The van der Waals surface area contributed by atoms with Gasteiger partial charge >= 0.3 is 0 Å². The molecule has 0 spiro atoms. The Balaban J connectivity index is 1.63. The third-order valence-electron chi connectivity index (χ3n) is 4.64. The van der Waals surface area contributed by atoms with Crippen LogP contribution in [-0.4, -0.2) is 34.0 Å². The lowest BCUT2D eigenvalue weighted by atomic mass is 9.88. The second-order valence-corrected chi connectivity index (χ2v) is 6.13. The summed E-state index contributed by atoms with van der Waals surface area (Å²) in [6.45, 7) is 1.05. The van der Waals surface area contributed by atoms with Gasteiger partial charge in [0.1, 0.15) is 5.82 Å². The summed E-state index contributed by atoms with van der Waals surface area (Å²) in [5.41, 5.74) is 1.61. The van der Waals surface area contributed by atoms with Gasteiger partial charge in [0.25, 0.3) is 5.91 Å². The molecule has 2 heterocycles. The van der Waals surface area contributed by atoms with Gasteiger partial charge in [0.15, 0.2) is 5.82 Å². The number of aromatic nitrogens is 2. The fourth-order valence-corrected chi connectivity index (χ4v) is 3.39. The molecule has 0 aliphatic carbocycles. The molecule has 6 heteroatoms. The first-order valence-corrected chi connectivity index (χ1v) is 8.08. The summed E-state index contributed by atoms with van der Waals surface area (Å²) < 4.78 is 18.0. The van der Waals surface area contributed by atoms with E-state index in [9.17, 15) is 9.18 Å². The lowest BCUT2D eigenvalue weighted by Gasteiger charge is -2.16. The molecule has 1 aliphatic rings. The predicted molar refractivity (Wildman–Crippen MR) is 88.5 cm³/mol. The molecule has 1 amide bonds. The van der Waals surface area contributed by atoms with Gasteiger partial charge in [-0.15, -0.1) is 0 Å². The van der Waals surface area contributed by atoms with Gasteiger partial charge in [-0.1, -0.05) is 35.5 Å². The zero-order chi connectivity index (χ0) is 17.2. The number of nitrogens with zero attached hydrogens (tertiary/aromatic N) is 3. The van der Waals surface area contributed by atoms with Crippen LogP contribution < -0.4 is 0 Å². The molecule has 0 radical (unpaired) electrons. The van der Waals surface area contributed by atoms with Gasteiger partial charge in [0.05, 0.1) is 0 Å². The monoisotopic (exact) mass is 337 g/mol. The molecule has 1 aliphatic heterocycles. The number of carbonyl (C=O) groups excluding carboxylic acids is 1. The normalized spacial score (nSPS) is 20.0. The SMILES string of the molecule is O=C(c1ccc(F)cc1)N1C[C@H](c2ncon2)[C@H](c2ccccc2)C1. The largest absolute Gasteiger partial charge is 0.343 e. The lowest BCUT2D eigenvalue weighted by molar-refractivity contribution is 0.0788. The van der Waals surface area contributed by atoms with E-state index >= 15 is 0 Å². The maximum atomic E-state index is 13.1. The molecule has 25 heavy (non-hydrogen) atoms. The zero-order valence-corrected chi connectivity index (χ0v) is 13.4. The van der Waals surface area contributed by atoms with Crippen molar-refractivity contribution in [3.05, 3.63) is 83.8 Å². The Labute approximate surface area is 144 Å². The maximum absolute atomic E-state index is 13.1. The first kappa shape index (κ1) is 15.5. The standard InChI is InChI=1S/C19H16FN3O2/c20-15-8-6-14(7-9-15)19(24)23-10-16(13-4-2-1-3-5-13)17(11-23)18-21-12-25-22-18/h1-9,12,16-17H,10-11H2/t16-,17-/m0/s1. The van der Waals surface area contributed by atoms with Crippen LogP contribution in [0, 0.1) is 5.82 Å². The van der Waals surface area contributed by atoms with Crippen LogP contribution in [0.25, 0.3) is 0 Å². The highest BCUT2D eigenvalue weighted by Gasteiger charge is 2.39. The van der Waals surface area contributed by atoms with Crippen molar-refractivity contribution in [2.75, 3.05) is 13.1 Å². The molecule has 0 bridgehead atoms. The molecule has 5 nitrogen and oxygen atoms in total. The van der Waals surface area contributed by atoms with Gasteiger partial charge in [-0.3, -0.25) is 4.79 Å². The van der Waals surface area contributed by atoms with Crippen LogP contribution in [0.3, 0.4) is 0 Å². The van der Waals surface area contributed by atoms with Crippen LogP contribution >= 0.6 is 0 Å². The van der Waals surface area contributed by atoms with Gasteiger partial charge in [-0.25, -0.2) is 4.39 Å². The van der Waals surface area contributed by atoms with Gasteiger partial charge in [0.2, 0.25) is 6.39 Å². The molecule has 2 atom stereocenters. The summed E-state index contributed by atoms with van der Waals surface area (Å²) in [4.78, 5) is 18.7. The van der Waals surface area contributed by atoms with Crippen LogP contribution in [0.1, 0.15) is 33.6 Å². The third-order valence-corrected chi connectivity index (χ3v) is 4.64. The quantitative estimate of drug-likeness (QED) is 0.736. The number of amides is 1. The Kier molecular flexibility index (Phi) is 4.01. The number of halogens is 1. The predicted octanol–water partition coefficient (Wildman–Crippen LogP) is 3.23. The number of benzene rings is 2. The van der Waals surface area contributed by atoms with Crippen molar-refractivity contribution in [3.63, 3.8) is 0 Å². The first-order valence-electron chi connectivity index (χ1n) is 8.08. The lowest BCUT2D eigenvalue weighted by Crippen LogP contribution is -2.28. The molecule has 0 saturated carbocycles. The Bertz CT molecular complexity index is 850. The van der Waals surface area contributed by atoms with Crippen molar-refractivity contribution in [2.24, 2.45) is 0 Å². The number of likely N-dealkylation sites (tertiary alicyclic amines) is 1. The topological polar surface area (TPSA) is 59.2 Å². The van der Waals surface area contributed by atoms with E-state index in [1.54, 1.807) is 4.90 Å². The second-order valence-electron chi connectivity index (χ2n) is 6.13. The molecule has 1 saturated heterocycles. The molecule has 126 valence electrons. The molecular weight excluding hydrogens is 321 g/mol. The number of hydrogen-bond donors (Lipinski definition) is 0. The molecule has 1 fully saturated rings. The van der Waals surface area contributed by atoms with E-state index in [0.29, 0.717) is 24.5 Å². The van der Waals surface area contributed by atoms with Crippen molar-refractivity contribution >= 4 is 5.91 Å². The Morgan fingerprint density at radius 1 is 1.04 bits per heavy atom. The van der Waals surface area contributed by atoms with Crippen molar-refractivity contribution < 1.29 is 13.7 Å². The van der Waals surface area contributed by atoms with E-state index < -0.39 is 0 Å². The third kappa shape index (κ3) is 3.03. The minimum Gasteiger partial charge on any atom is -0.343 e. The van der Waals surface area contributed by atoms with E-state index in [-0.39, 0.29) is 23.6 Å². The van der Waals surface area contributed by atoms with Crippen molar-refractivity contribution in [2.45, 2.75) is 11.8 Å². The smallest absolute Gasteiger partial charge is 0.253 e. The molecule has 0 unspecified atom stereocenters. The van der Waals surface area contributed by atoms with Gasteiger partial charge in [-0.05, 0) is 29.8 Å². The second kappa shape index (κ2) is 6.47. The number of hydrogen-bond acceptors (Lipinski definition) is 4. The van der Waals surface area contributed by atoms with Crippen LogP contribution in [-0.2, 0) is 0 Å². The molecule has 3 aromatic rings. The van der Waals surface area contributed by atoms with E-state index in [1.807, 2.05) is 30.3 Å². The highest BCUT2D eigenvalue weighted by atomic mass is 19.1. The van der Waals surface area contributed by atoms with Crippen LogP contribution in [0.15, 0.2) is 65.5 Å². The van der Waals surface area contributed by atoms with Crippen LogP contribution in [0.5, 0.6) is 0 Å². The van der Waals surface area contributed by atoms with Crippen molar-refractivity contribution in [1.82, 2.24) is 15.0 Å². The summed E-state index contributed by atoms with van der Waals surface area (Å²) in [5, 5.41) is 3.98. The Morgan fingerprint density at radius 3 is 2.44 bits per heavy atom. The number of carbonyl (C=O) groups is 1. The average molecular weight is 337 g/mol. The maximum Gasteiger partial charge on any atom is 0.253 e. The van der Waals surface area contributed by atoms with Gasteiger partial charge < -0.3 is 9.42 Å². The fourth-order valence-electron chi connectivity index (χ4n) is 3.39. The summed E-state index contributed by atoms with van der Waals surface area (Å²) in [6.07, 6.45) is 1.31. The summed E-state index contributed by atoms with van der Waals surface area (Å²) >= 11 is 0. The highest BCUT2D eigenvalue weighted by Crippen LogP contribution is 2.38. The van der Waals surface area contributed by atoms with Gasteiger partial charge in [-0.2, -0.15) is 4.98 Å². The Hall–Kier alpha value is -3.02. The highest BCUT2D eigenvalue weighted by molar-refractivity contribution is 5.94. The number of rotatable bonds is 3. The summed E-state index contributed by atoms with van der Waals surface area (Å²) in [7, 11) is 0. The summed E-state index contributed by atoms with van der Waals surface area (Å²) in [5.74, 6) is 0.175. The first-order chi connectivity index (χ1) is 12.2. The molecule has 2 aromatic carbocycles. The minimum absolute atomic E-state index is 0.0365. The zero-order valence-electron chi connectivity index (χ0n) is 13.4. The molecule has 4 rings (SSSR count). The average Bonchev–Trinajstić information content (AvgIpc) is 3.32. The summed E-state index contributed by atoms with van der Waals surface area (Å²) in [6, 6.07) is 15.6. The fraction of sp³-hybridized carbons (Fsp3) is 0.211. The Morgan fingerprint density at radius 2 is 1.76 bits per heavy atom. The van der Waals surface area contributed by atoms with Crippen LogP contribution in [0.2, 0.25) is 0 Å².